The van der Waals surface area contributed by atoms with Gasteiger partial charge in [-0.2, -0.15) is 23.3 Å². The fraction of sp³-hybridized carbons (Fsp3) is 0.533. The van der Waals surface area contributed by atoms with E-state index in [2.05, 4.69) is 9.82 Å². The van der Waals surface area contributed by atoms with E-state index in [1.165, 1.54) is 6.07 Å². The lowest BCUT2D eigenvalue weighted by Gasteiger charge is -2.30. The van der Waals surface area contributed by atoms with Crippen molar-refractivity contribution < 1.29 is 32.3 Å². The molecule has 1 saturated carbocycles. The van der Waals surface area contributed by atoms with Crippen molar-refractivity contribution >= 4 is 28.6 Å². The smallest absolute Gasteiger partial charge is 0.419 e. The number of aryl methyl sites for hydroxylation is 1. The minimum atomic E-state index is -4.79. The number of hydrazine groups is 1. The summed E-state index contributed by atoms with van der Waals surface area (Å²) in [4.78, 5) is 38.4. The molecule has 3 heterocycles. The van der Waals surface area contributed by atoms with Gasteiger partial charge in [0.25, 0.3) is 5.91 Å². The van der Waals surface area contributed by atoms with Crippen molar-refractivity contribution in [2.24, 2.45) is 11.8 Å². The Bertz CT molecular complexity index is 1420. The number of nitriles is 1. The normalized spacial score (nSPS) is 21.9. The van der Waals surface area contributed by atoms with Crippen LogP contribution in [0.15, 0.2) is 35.4 Å². The van der Waals surface area contributed by atoms with Gasteiger partial charge in [-0.3, -0.25) is 9.59 Å². The molecule has 1 unspecified atom stereocenters. The van der Waals surface area contributed by atoms with Crippen LogP contribution >= 0.6 is 11.1 Å². The minimum absolute atomic E-state index is 0.0722. The molecule has 2 aromatic rings. The van der Waals surface area contributed by atoms with Crippen LogP contribution in [-0.2, 0) is 27.0 Å². The first-order chi connectivity index (χ1) is 20.4. The lowest BCUT2D eigenvalue weighted by Crippen LogP contribution is -2.38. The Morgan fingerprint density at radius 1 is 1.21 bits per heavy atom. The third-order valence-corrected chi connectivity index (χ3v) is 10.7. The van der Waals surface area contributed by atoms with Gasteiger partial charge in [0, 0.05) is 18.0 Å². The van der Waals surface area contributed by atoms with Crippen molar-refractivity contribution in [2.75, 3.05) is 24.7 Å². The largest absolute Gasteiger partial charge is 0.493 e. The SMILES string of the molecule is CCc1cc([SH]2NN(c3cnc(C#N)c(C(F)(F)F)c3)C(=O)C2(C)C)ccc1OCCC1CCN(OC(=O)C2CC2)CC1. The van der Waals surface area contributed by atoms with Gasteiger partial charge >= 0.3 is 12.1 Å². The van der Waals surface area contributed by atoms with Crippen LogP contribution in [0.3, 0.4) is 0 Å². The molecule has 1 atom stereocenters. The van der Waals surface area contributed by atoms with E-state index in [-0.39, 0.29) is 23.5 Å². The molecule has 13 heteroatoms. The maximum atomic E-state index is 13.6. The zero-order valence-corrected chi connectivity index (χ0v) is 25.3. The van der Waals surface area contributed by atoms with E-state index in [0.717, 1.165) is 78.7 Å². The zero-order chi connectivity index (χ0) is 30.9. The first kappa shape index (κ1) is 31.1. The molecule has 2 saturated heterocycles. The number of carbonyl (C=O) groups is 2. The lowest BCUT2D eigenvalue weighted by molar-refractivity contribution is -0.198. The minimum Gasteiger partial charge on any atom is -0.493 e. The fourth-order valence-electron chi connectivity index (χ4n) is 5.34. The first-order valence-electron chi connectivity index (χ1n) is 14.5. The van der Waals surface area contributed by atoms with Crippen molar-refractivity contribution in [1.82, 2.24) is 14.9 Å². The third kappa shape index (κ3) is 6.76. The molecule has 1 aromatic carbocycles. The fourth-order valence-corrected chi connectivity index (χ4v) is 7.56. The van der Waals surface area contributed by atoms with Crippen LogP contribution in [0.2, 0.25) is 0 Å². The molecule has 3 fully saturated rings. The van der Waals surface area contributed by atoms with Gasteiger partial charge in [-0.15, -0.1) is 16.1 Å². The van der Waals surface area contributed by atoms with E-state index in [9.17, 15) is 22.8 Å². The quantitative estimate of drug-likeness (QED) is 0.355. The summed E-state index contributed by atoms with van der Waals surface area (Å²) in [7, 11) is 0. The molecule has 0 radical (unpaired) electrons. The summed E-state index contributed by atoms with van der Waals surface area (Å²) >= 11 is -1.35. The van der Waals surface area contributed by atoms with Gasteiger partial charge in [0.2, 0.25) is 0 Å². The second-order valence-corrected chi connectivity index (χ2v) is 14.2. The standard InChI is InChI=1S/C30H36F3N5O4S/c1-4-20-15-23(7-8-26(20)41-14-11-19-9-12-37(13-10-19)42-27(39)21-5-6-21)43-29(2,3)28(40)38(36-43)22-16-24(30(31,32)33)25(17-34)35-18-22/h7-8,15-16,18-19,21,36,43H,4-6,9-14H2,1-3H3. The molecule has 1 amide bonds. The maximum Gasteiger partial charge on any atom is 0.419 e. The number of anilines is 1. The molecule has 1 aromatic heterocycles. The lowest BCUT2D eigenvalue weighted by atomic mass is 9.95. The van der Waals surface area contributed by atoms with E-state index >= 15 is 0 Å². The van der Waals surface area contributed by atoms with Crippen molar-refractivity contribution in [3.05, 3.63) is 47.3 Å². The molecule has 3 aliphatic rings. The number of hydroxylamine groups is 2. The Kier molecular flexibility index (Phi) is 8.92. The Labute approximate surface area is 251 Å². The number of hydrogen-bond acceptors (Lipinski definition) is 8. The first-order valence-corrected chi connectivity index (χ1v) is 15.9. The molecule has 2 aliphatic heterocycles. The van der Waals surface area contributed by atoms with Crippen LogP contribution in [0.4, 0.5) is 18.9 Å². The van der Waals surface area contributed by atoms with E-state index in [1.807, 2.05) is 25.1 Å². The number of rotatable bonds is 9. The number of pyridine rings is 1. The van der Waals surface area contributed by atoms with E-state index < -0.39 is 33.3 Å². The van der Waals surface area contributed by atoms with Crippen LogP contribution in [-0.4, -0.2) is 46.4 Å². The van der Waals surface area contributed by atoms with Crippen LogP contribution in [0.25, 0.3) is 0 Å². The van der Waals surface area contributed by atoms with Gasteiger partial charge in [-0.05, 0) is 88.1 Å². The van der Waals surface area contributed by atoms with Crippen LogP contribution in [0, 0.1) is 23.2 Å². The second-order valence-electron chi connectivity index (χ2n) is 11.7. The number of carbonyl (C=O) groups excluding carboxylic acids is 2. The molecule has 1 aliphatic carbocycles. The highest BCUT2D eigenvalue weighted by molar-refractivity contribution is 8.17. The van der Waals surface area contributed by atoms with Crippen LogP contribution < -0.4 is 14.6 Å². The predicted molar refractivity (Wildman–Crippen MR) is 155 cm³/mol. The molecule has 9 nitrogen and oxygen atoms in total. The molecule has 5 rings (SSSR count). The molecule has 0 spiro atoms. The maximum absolute atomic E-state index is 13.6. The van der Waals surface area contributed by atoms with E-state index in [4.69, 9.17) is 14.8 Å². The zero-order valence-electron chi connectivity index (χ0n) is 24.4. The Morgan fingerprint density at radius 2 is 1.93 bits per heavy atom. The van der Waals surface area contributed by atoms with Crippen molar-refractivity contribution in [2.45, 2.75) is 75.1 Å². The van der Waals surface area contributed by atoms with Crippen molar-refractivity contribution in [3.8, 4) is 11.8 Å². The number of nitrogens with one attached hydrogen (secondary N) is 1. The molecular weight excluding hydrogens is 583 g/mol. The summed E-state index contributed by atoms with van der Waals surface area (Å²) in [5.41, 5.74) is -1.03. The number of nitrogens with zero attached hydrogens (tertiary/aromatic N) is 4. The number of halogens is 3. The van der Waals surface area contributed by atoms with Gasteiger partial charge in [0.05, 0.1) is 34.7 Å². The second kappa shape index (κ2) is 12.3. The van der Waals surface area contributed by atoms with Crippen LogP contribution in [0.5, 0.6) is 5.75 Å². The summed E-state index contributed by atoms with van der Waals surface area (Å²) in [6.07, 6.45) is 1.65. The Hall–Kier alpha value is -3.34. The van der Waals surface area contributed by atoms with E-state index in [1.54, 1.807) is 18.9 Å². The Balaban J connectivity index is 1.22. The summed E-state index contributed by atoms with van der Waals surface area (Å²) in [6, 6.07) is 8.04. The Morgan fingerprint density at radius 3 is 2.56 bits per heavy atom. The van der Waals surface area contributed by atoms with Crippen LogP contribution in [0.1, 0.15) is 69.7 Å². The number of hydrogen-bond donors (Lipinski definition) is 2. The number of benzene rings is 1. The summed E-state index contributed by atoms with van der Waals surface area (Å²) < 4.78 is 45.9. The highest BCUT2D eigenvalue weighted by atomic mass is 32.2. The molecule has 43 heavy (non-hydrogen) atoms. The summed E-state index contributed by atoms with van der Waals surface area (Å²) in [6.45, 7) is 7.57. The number of piperidine rings is 1. The van der Waals surface area contributed by atoms with Crippen molar-refractivity contribution in [3.63, 3.8) is 0 Å². The number of aromatic nitrogens is 1. The number of ether oxygens (including phenoxy) is 1. The van der Waals surface area contributed by atoms with Crippen molar-refractivity contribution in [1.29, 1.82) is 5.26 Å². The average Bonchev–Trinajstić information content (AvgIpc) is 3.80. The third-order valence-electron chi connectivity index (χ3n) is 8.20. The monoisotopic (exact) mass is 619 g/mol. The van der Waals surface area contributed by atoms with Gasteiger partial charge in [0.1, 0.15) is 11.8 Å². The molecule has 1 N–H and O–H groups in total. The summed E-state index contributed by atoms with van der Waals surface area (Å²) in [5, 5.41) is 12.0. The number of amides is 1. The number of thiol groups is 1. The topological polar surface area (TPSA) is 108 Å². The van der Waals surface area contributed by atoms with Gasteiger partial charge in [0.15, 0.2) is 5.69 Å². The molecular formula is C30H36F3N5O4S. The number of alkyl halides is 3. The van der Waals surface area contributed by atoms with Gasteiger partial charge in [-0.25, -0.2) is 9.99 Å². The van der Waals surface area contributed by atoms with Gasteiger partial charge < -0.3 is 9.57 Å². The highest BCUT2D eigenvalue weighted by Crippen LogP contribution is 2.52. The molecule has 0 bridgehead atoms. The highest BCUT2D eigenvalue weighted by Gasteiger charge is 2.47. The summed E-state index contributed by atoms with van der Waals surface area (Å²) in [5.74, 6) is 0.855. The van der Waals surface area contributed by atoms with E-state index in [0.29, 0.717) is 18.9 Å². The molecule has 232 valence electrons. The van der Waals surface area contributed by atoms with Gasteiger partial charge in [-0.1, -0.05) is 6.92 Å². The predicted octanol–water partition coefficient (Wildman–Crippen LogP) is 5.49. The average molecular weight is 620 g/mol.